The van der Waals surface area contributed by atoms with Gasteiger partial charge < -0.3 is 0 Å². The van der Waals surface area contributed by atoms with E-state index in [2.05, 4.69) is 104 Å². The van der Waals surface area contributed by atoms with Crippen LogP contribution in [0.1, 0.15) is 31.2 Å². The van der Waals surface area contributed by atoms with E-state index in [1.165, 1.54) is 34.6 Å². The molecule has 2 heteroatoms. The van der Waals surface area contributed by atoms with Crippen molar-refractivity contribution in [3.63, 3.8) is 0 Å². The number of thioether (sulfide) groups is 2. The van der Waals surface area contributed by atoms with Crippen molar-refractivity contribution >= 4 is 23.5 Å². The van der Waals surface area contributed by atoms with Crippen LogP contribution in [0.25, 0.3) is 0 Å². The number of benzene rings is 3. The summed E-state index contributed by atoms with van der Waals surface area (Å²) in [7, 11) is 0. The fourth-order valence-corrected chi connectivity index (χ4v) is 6.33. The molecule has 0 aliphatic rings. The highest BCUT2D eigenvalue weighted by molar-refractivity contribution is 8.17. The fraction of sp³-hybridized carbons (Fsp3) is 0.259. The van der Waals surface area contributed by atoms with Crippen molar-refractivity contribution in [3.05, 3.63) is 109 Å². The van der Waals surface area contributed by atoms with E-state index in [1.54, 1.807) is 0 Å². The molecular formula is C27H30S2. The van der Waals surface area contributed by atoms with Crippen molar-refractivity contribution in [1.29, 1.82) is 0 Å². The summed E-state index contributed by atoms with van der Waals surface area (Å²) < 4.78 is 0.501. The molecule has 0 aliphatic carbocycles. The van der Waals surface area contributed by atoms with E-state index in [9.17, 15) is 0 Å². The lowest BCUT2D eigenvalue weighted by molar-refractivity contribution is 0.457. The molecule has 3 rings (SSSR count). The van der Waals surface area contributed by atoms with E-state index < -0.39 is 0 Å². The quantitative estimate of drug-likeness (QED) is 0.164. The first-order chi connectivity index (χ1) is 14.3. The van der Waals surface area contributed by atoms with Gasteiger partial charge in [0.15, 0.2) is 0 Å². The molecule has 0 bridgehead atoms. The maximum absolute atomic E-state index is 4.03. The summed E-state index contributed by atoms with van der Waals surface area (Å²) in [5.74, 6) is 0.675. The zero-order chi connectivity index (χ0) is 20.2. The Kier molecular flexibility index (Phi) is 9.49. The van der Waals surface area contributed by atoms with Crippen LogP contribution in [0.2, 0.25) is 0 Å². The van der Waals surface area contributed by atoms with Crippen molar-refractivity contribution in [2.45, 2.75) is 46.5 Å². The van der Waals surface area contributed by atoms with Gasteiger partial charge in [-0.05, 0) is 67.9 Å². The third-order valence-electron chi connectivity index (χ3n) is 4.97. The number of rotatable bonds is 12. The predicted molar refractivity (Wildman–Crippen MR) is 131 cm³/mol. The Hall–Kier alpha value is -1.90. The third kappa shape index (κ3) is 8.16. The summed E-state index contributed by atoms with van der Waals surface area (Å²) >= 11 is 3.99. The topological polar surface area (TPSA) is 0 Å². The van der Waals surface area contributed by atoms with E-state index in [-0.39, 0.29) is 0 Å². The van der Waals surface area contributed by atoms with Gasteiger partial charge in [-0.1, -0.05) is 72.8 Å². The predicted octanol–water partition coefficient (Wildman–Crippen LogP) is 8.50. The van der Waals surface area contributed by atoms with Crippen LogP contribution in [-0.2, 0) is 6.42 Å². The van der Waals surface area contributed by atoms with E-state index in [0.29, 0.717) is 10.5 Å². The Morgan fingerprint density at radius 2 is 1.24 bits per heavy atom. The van der Waals surface area contributed by atoms with E-state index in [1.807, 2.05) is 23.5 Å². The summed E-state index contributed by atoms with van der Waals surface area (Å²) in [4.78, 5) is 2.70. The van der Waals surface area contributed by atoms with Crippen LogP contribution in [0.3, 0.4) is 0 Å². The minimum Gasteiger partial charge on any atom is -0.111 e. The molecule has 0 fully saturated rings. The first-order valence-corrected chi connectivity index (χ1v) is 12.2. The molecule has 0 amide bonds. The Labute approximate surface area is 184 Å². The van der Waals surface area contributed by atoms with Crippen LogP contribution in [-0.4, -0.2) is 4.58 Å². The van der Waals surface area contributed by atoms with Gasteiger partial charge >= 0.3 is 0 Å². The number of aryl methyl sites for hydroxylation is 1. The first kappa shape index (κ1) is 21.8. The van der Waals surface area contributed by atoms with Crippen LogP contribution in [0, 0.1) is 5.92 Å². The summed E-state index contributed by atoms with van der Waals surface area (Å²) in [5.41, 5.74) is 1.44. The highest BCUT2D eigenvalue weighted by atomic mass is 32.2. The molecule has 0 nitrogen and oxygen atoms in total. The average Bonchev–Trinajstić information content (AvgIpc) is 2.76. The monoisotopic (exact) mass is 418 g/mol. The molecule has 0 radical (unpaired) electrons. The molecule has 0 aliphatic heterocycles. The Bertz CT molecular complexity index is 773. The van der Waals surface area contributed by atoms with Gasteiger partial charge in [0.05, 0.1) is 4.58 Å². The van der Waals surface area contributed by atoms with Gasteiger partial charge in [0.25, 0.3) is 0 Å². The Morgan fingerprint density at radius 3 is 1.76 bits per heavy atom. The van der Waals surface area contributed by atoms with Gasteiger partial charge in [-0.3, -0.25) is 0 Å². The molecule has 0 N–H and O–H groups in total. The molecule has 3 aromatic rings. The number of allylic oxidation sites excluding steroid dienone is 1. The van der Waals surface area contributed by atoms with Gasteiger partial charge in [-0.2, -0.15) is 0 Å². The molecule has 0 saturated carbocycles. The smallest absolute Gasteiger partial charge is 0.0599 e. The standard InChI is InChI=1S/C27H30S2/c1-2-13-24(17-12-16-23-14-6-3-7-15-23)22-27(28-25-18-8-4-9-19-25)29-26-20-10-5-11-21-26/h2-11,14-15,18-21,24,27H,1,12-13,16-17,22H2. The molecule has 1 atom stereocenters. The molecule has 0 heterocycles. The Balaban J connectivity index is 1.62. The summed E-state index contributed by atoms with van der Waals surface area (Å²) in [5, 5.41) is 0. The molecule has 0 saturated heterocycles. The highest BCUT2D eigenvalue weighted by Gasteiger charge is 2.18. The summed E-state index contributed by atoms with van der Waals surface area (Å²) in [6.07, 6.45) is 8.04. The maximum Gasteiger partial charge on any atom is 0.0599 e. The van der Waals surface area contributed by atoms with Crippen molar-refractivity contribution in [3.8, 4) is 0 Å². The van der Waals surface area contributed by atoms with Crippen LogP contribution >= 0.6 is 23.5 Å². The molecule has 3 aromatic carbocycles. The molecule has 0 spiro atoms. The molecular weight excluding hydrogens is 388 g/mol. The number of hydrogen-bond acceptors (Lipinski definition) is 2. The van der Waals surface area contributed by atoms with E-state index >= 15 is 0 Å². The van der Waals surface area contributed by atoms with Crippen molar-refractivity contribution in [1.82, 2.24) is 0 Å². The van der Waals surface area contributed by atoms with Crippen molar-refractivity contribution in [2.75, 3.05) is 0 Å². The molecule has 0 aromatic heterocycles. The highest BCUT2D eigenvalue weighted by Crippen LogP contribution is 2.40. The normalized spacial score (nSPS) is 12.0. The minimum atomic E-state index is 0.501. The molecule has 150 valence electrons. The second-order valence-corrected chi connectivity index (χ2v) is 10.1. The van der Waals surface area contributed by atoms with Gasteiger partial charge in [0.1, 0.15) is 0 Å². The average molecular weight is 419 g/mol. The lowest BCUT2D eigenvalue weighted by atomic mass is 9.94. The Morgan fingerprint density at radius 1 is 0.724 bits per heavy atom. The van der Waals surface area contributed by atoms with Crippen LogP contribution in [0.4, 0.5) is 0 Å². The van der Waals surface area contributed by atoms with Gasteiger partial charge in [-0.25, -0.2) is 0 Å². The lowest BCUT2D eigenvalue weighted by Crippen LogP contribution is -2.09. The van der Waals surface area contributed by atoms with Gasteiger partial charge in [-0.15, -0.1) is 30.1 Å². The SMILES string of the molecule is C=CCC(CCCc1ccccc1)CC(Sc1ccccc1)Sc1ccccc1. The third-order valence-corrected chi connectivity index (χ3v) is 7.54. The maximum atomic E-state index is 4.03. The fourth-order valence-electron chi connectivity index (χ4n) is 3.50. The molecule has 29 heavy (non-hydrogen) atoms. The van der Waals surface area contributed by atoms with E-state index in [0.717, 1.165) is 12.8 Å². The summed E-state index contributed by atoms with van der Waals surface area (Å²) in [6.45, 7) is 4.03. The van der Waals surface area contributed by atoms with E-state index in [4.69, 9.17) is 0 Å². The molecule has 1 unspecified atom stereocenters. The number of hydrogen-bond donors (Lipinski definition) is 0. The minimum absolute atomic E-state index is 0.501. The zero-order valence-corrected chi connectivity index (χ0v) is 18.6. The zero-order valence-electron chi connectivity index (χ0n) is 17.0. The second-order valence-electron chi connectivity index (χ2n) is 7.30. The van der Waals surface area contributed by atoms with Crippen molar-refractivity contribution < 1.29 is 0 Å². The van der Waals surface area contributed by atoms with Crippen LogP contribution in [0.5, 0.6) is 0 Å². The van der Waals surface area contributed by atoms with Gasteiger partial charge in [0, 0.05) is 9.79 Å². The lowest BCUT2D eigenvalue weighted by Gasteiger charge is -2.22. The second kappa shape index (κ2) is 12.6. The first-order valence-electron chi connectivity index (χ1n) is 10.4. The van der Waals surface area contributed by atoms with Gasteiger partial charge in [0.2, 0.25) is 0 Å². The van der Waals surface area contributed by atoms with Crippen LogP contribution < -0.4 is 0 Å². The largest absolute Gasteiger partial charge is 0.111 e. The summed E-state index contributed by atoms with van der Waals surface area (Å²) in [6, 6.07) is 32.5. The van der Waals surface area contributed by atoms with Crippen LogP contribution in [0.15, 0.2) is 113 Å². The van der Waals surface area contributed by atoms with Crippen molar-refractivity contribution in [2.24, 2.45) is 5.92 Å².